The summed E-state index contributed by atoms with van der Waals surface area (Å²) in [6.07, 6.45) is 0. The Morgan fingerprint density at radius 1 is 0.344 bits per heavy atom. The Bertz CT molecular complexity index is 3260. The van der Waals surface area contributed by atoms with Crippen LogP contribution in [-0.2, 0) is 10.8 Å². The Hall–Kier alpha value is -7.74. The molecule has 1 atom stereocenters. The highest BCUT2D eigenvalue weighted by molar-refractivity contribution is 6.00. The smallest absolute Gasteiger partial charge is 0.0714 e. The molecule has 0 aliphatic heterocycles. The van der Waals surface area contributed by atoms with E-state index in [4.69, 9.17) is 0 Å². The molecule has 0 spiro atoms. The van der Waals surface area contributed by atoms with E-state index < -0.39 is 5.41 Å². The standard InChI is InChI=1S/C63H47N/c1-62(2)57-34-20-18-32-51(57)55-40-47(36-37-58(55)62)63(46-26-12-5-13-27-46)59-35-21-19-33-52(59)54-39-45-38-50(64(48-28-14-6-15-29-48)49-30-16-7-17-31-49)41-56(53(45)42-60(54)63)61(43-22-8-3-9-23-43)44-24-10-4-11-25-44/h3-42,61H,1-2H3. The molecule has 10 aromatic rings. The first-order chi connectivity index (χ1) is 31.5. The van der Waals surface area contributed by atoms with E-state index in [1.807, 2.05) is 0 Å². The van der Waals surface area contributed by atoms with Gasteiger partial charge in [0.05, 0.1) is 5.41 Å². The molecule has 12 rings (SSSR count). The third-order valence-corrected chi connectivity index (χ3v) is 14.2. The van der Waals surface area contributed by atoms with Crippen molar-refractivity contribution >= 4 is 27.8 Å². The van der Waals surface area contributed by atoms with Crippen LogP contribution in [0.25, 0.3) is 33.0 Å². The summed E-state index contributed by atoms with van der Waals surface area (Å²) in [6.45, 7) is 4.75. The van der Waals surface area contributed by atoms with Crippen LogP contribution in [-0.4, -0.2) is 0 Å². The molecule has 64 heavy (non-hydrogen) atoms. The second-order valence-corrected chi connectivity index (χ2v) is 18.0. The summed E-state index contributed by atoms with van der Waals surface area (Å²) in [7, 11) is 0. The van der Waals surface area contributed by atoms with Crippen LogP contribution in [0.2, 0.25) is 0 Å². The molecule has 0 amide bonds. The van der Waals surface area contributed by atoms with Gasteiger partial charge in [-0.15, -0.1) is 0 Å². The van der Waals surface area contributed by atoms with Gasteiger partial charge in [0.25, 0.3) is 0 Å². The fourth-order valence-corrected chi connectivity index (χ4v) is 11.4. The maximum atomic E-state index is 2.58. The average molecular weight is 818 g/mol. The van der Waals surface area contributed by atoms with Crippen molar-refractivity contribution in [2.45, 2.75) is 30.6 Å². The van der Waals surface area contributed by atoms with Gasteiger partial charge in [-0.3, -0.25) is 0 Å². The zero-order valence-electron chi connectivity index (χ0n) is 36.1. The van der Waals surface area contributed by atoms with Gasteiger partial charge in [-0.2, -0.15) is 0 Å². The topological polar surface area (TPSA) is 3.24 Å². The van der Waals surface area contributed by atoms with E-state index in [0.717, 1.165) is 17.1 Å². The van der Waals surface area contributed by atoms with Crippen LogP contribution in [0, 0.1) is 0 Å². The van der Waals surface area contributed by atoms with Gasteiger partial charge < -0.3 is 4.90 Å². The third kappa shape index (κ3) is 5.77. The van der Waals surface area contributed by atoms with Gasteiger partial charge in [-0.05, 0) is 138 Å². The molecule has 0 radical (unpaired) electrons. The lowest BCUT2D eigenvalue weighted by Crippen LogP contribution is -2.29. The van der Waals surface area contributed by atoms with E-state index in [-0.39, 0.29) is 11.3 Å². The van der Waals surface area contributed by atoms with Gasteiger partial charge >= 0.3 is 0 Å². The van der Waals surface area contributed by atoms with Crippen molar-refractivity contribution in [3.05, 3.63) is 293 Å². The van der Waals surface area contributed by atoms with Crippen molar-refractivity contribution in [2.75, 3.05) is 4.90 Å². The van der Waals surface area contributed by atoms with Crippen molar-refractivity contribution < 1.29 is 0 Å². The van der Waals surface area contributed by atoms with Crippen molar-refractivity contribution in [1.29, 1.82) is 0 Å². The predicted octanol–water partition coefficient (Wildman–Crippen LogP) is 16.2. The maximum Gasteiger partial charge on any atom is 0.0714 e. The monoisotopic (exact) mass is 817 g/mol. The van der Waals surface area contributed by atoms with Crippen molar-refractivity contribution in [3.8, 4) is 22.3 Å². The summed E-state index contributed by atoms with van der Waals surface area (Å²) in [4.78, 5) is 2.41. The number of rotatable bonds is 8. The van der Waals surface area contributed by atoms with E-state index in [9.17, 15) is 0 Å². The highest BCUT2D eigenvalue weighted by Gasteiger charge is 2.47. The van der Waals surface area contributed by atoms with E-state index in [1.54, 1.807) is 0 Å². The quantitative estimate of drug-likeness (QED) is 0.138. The highest BCUT2D eigenvalue weighted by atomic mass is 15.1. The largest absolute Gasteiger partial charge is 0.310 e. The lowest BCUT2D eigenvalue weighted by Gasteiger charge is -2.35. The van der Waals surface area contributed by atoms with Crippen molar-refractivity contribution in [1.82, 2.24) is 0 Å². The van der Waals surface area contributed by atoms with Gasteiger partial charge in [0.2, 0.25) is 0 Å². The van der Waals surface area contributed by atoms with Gasteiger partial charge in [-0.25, -0.2) is 0 Å². The molecule has 0 aromatic heterocycles. The van der Waals surface area contributed by atoms with Crippen LogP contribution in [0.1, 0.15) is 69.8 Å². The number of anilines is 3. The molecule has 10 aromatic carbocycles. The molecular weight excluding hydrogens is 771 g/mol. The first-order valence-corrected chi connectivity index (χ1v) is 22.5. The normalized spacial score (nSPS) is 15.4. The SMILES string of the molecule is CC1(C)c2ccccc2-c2cc(C3(c4ccccc4)c4ccccc4-c4cc5cc(N(c6ccccc6)c6ccccc6)cc(C(c6ccccc6)c6ccccc6)c5cc43)ccc21. The minimum absolute atomic E-state index is 0.0371. The number of hydrogen-bond donors (Lipinski definition) is 0. The van der Waals surface area contributed by atoms with E-state index in [0.29, 0.717) is 0 Å². The fourth-order valence-electron chi connectivity index (χ4n) is 11.4. The number of fused-ring (bicyclic) bond motifs is 7. The van der Waals surface area contributed by atoms with Gasteiger partial charge in [0, 0.05) is 28.4 Å². The Labute approximate surface area is 376 Å². The van der Waals surface area contributed by atoms with Crippen LogP contribution in [0.5, 0.6) is 0 Å². The van der Waals surface area contributed by atoms with Gasteiger partial charge in [-0.1, -0.05) is 202 Å². The number of nitrogens with zero attached hydrogens (tertiary/aromatic N) is 1. The van der Waals surface area contributed by atoms with Crippen LogP contribution in [0.4, 0.5) is 17.1 Å². The number of para-hydroxylation sites is 2. The van der Waals surface area contributed by atoms with Gasteiger partial charge in [0.1, 0.15) is 0 Å². The second kappa shape index (κ2) is 15.0. The summed E-state index contributed by atoms with van der Waals surface area (Å²) in [6, 6.07) is 90.6. The first-order valence-electron chi connectivity index (χ1n) is 22.5. The van der Waals surface area contributed by atoms with Crippen molar-refractivity contribution in [3.63, 3.8) is 0 Å². The van der Waals surface area contributed by atoms with E-state index in [1.165, 1.54) is 83.1 Å². The Morgan fingerprint density at radius 3 is 1.44 bits per heavy atom. The molecule has 0 heterocycles. The zero-order valence-corrected chi connectivity index (χ0v) is 36.1. The molecular formula is C63H47N. The van der Waals surface area contributed by atoms with Crippen LogP contribution in [0.15, 0.2) is 243 Å². The molecule has 0 fully saturated rings. The molecule has 2 aliphatic carbocycles. The first kappa shape index (κ1) is 38.0. The van der Waals surface area contributed by atoms with Crippen molar-refractivity contribution in [2.24, 2.45) is 0 Å². The molecule has 2 aliphatic rings. The van der Waals surface area contributed by atoms with E-state index in [2.05, 4.69) is 261 Å². The predicted molar refractivity (Wildman–Crippen MR) is 267 cm³/mol. The summed E-state index contributed by atoms with van der Waals surface area (Å²) in [5, 5.41) is 2.46. The summed E-state index contributed by atoms with van der Waals surface area (Å²) in [5.74, 6) is -0.0371. The van der Waals surface area contributed by atoms with Crippen LogP contribution in [0.3, 0.4) is 0 Å². The zero-order chi connectivity index (χ0) is 42.8. The van der Waals surface area contributed by atoms with E-state index >= 15 is 0 Å². The molecule has 0 bridgehead atoms. The number of benzene rings is 10. The minimum Gasteiger partial charge on any atom is -0.310 e. The Balaban J connectivity index is 1.20. The molecule has 0 saturated heterocycles. The van der Waals surface area contributed by atoms with Crippen LogP contribution < -0.4 is 4.90 Å². The molecule has 0 N–H and O–H groups in total. The van der Waals surface area contributed by atoms with Crippen LogP contribution >= 0.6 is 0 Å². The number of hydrogen-bond acceptors (Lipinski definition) is 1. The highest BCUT2D eigenvalue weighted by Crippen LogP contribution is 2.59. The molecule has 1 heteroatoms. The summed E-state index contributed by atoms with van der Waals surface area (Å²) >= 11 is 0. The summed E-state index contributed by atoms with van der Waals surface area (Å²) < 4.78 is 0. The lowest BCUT2D eigenvalue weighted by molar-refractivity contribution is 0.659. The minimum atomic E-state index is -0.580. The third-order valence-electron chi connectivity index (χ3n) is 14.2. The summed E-state index contributed by atoms with van der Waals surface area (Å²) in [5.41, 5.74) is 19.7. The average Bonchev–Trinajstić information content (AvgIpc) is 3.77. The molecule has 304 valence electrons. The molecule has 0 saturated carbocycles. The van der Waals surface area contributed by atoms with Gasteiger partial charge in [0.15, 0.2) is 0 Å². The second-order valence-electron chi connectivity index (χ2n) is 18.0. The Morgan fingerprint density at radius 2 is 0.828 bits per heavy atom. The Kier molecular flexibility index (Phi) is 8.88. The fraction of sp³-hybridized carbons (Fsp3) is 0.0794. The molecule has 1 nitrogen and oxygen atoms in total. The molecule has 1 unspecified atom stereocenters. The maximum absolute atomic E-state index is 2.58. The lowest BCUT2D eigenvalue weighted by atomic mass is 9.66.